The van der Waals surface area contributed by atoms with E-state index in [1.54, 1.807) is 13.0 Å². The van der Waals surface area contributed by atoms with Crippen LogP contribution in [0.15, 0.2) is 12.1 Å². The fourth-order valence-electron chi connectivity index (χ4n) is 1.32. The molecule has 5 nitrogen and oxygen atoms in total. The summed E-state index contributed by atoms with van der Waals surface area (Å²) in [6, 6.07) is 3.13. The second-order valence-corrected chi connectivity index (χ2v) is 5.69. The maximum atomic E-state index is 11.9. The number of methoxy groups -OCH3 is 1. The molecule has 0 spiro atoms. The minimum atomic E-state index is -0.849. The number of carbonyl (C=O) groups is 2. The molecule has 0 bridgehead atoms. The van der Waals surface area contributed by atoms with E-state index < -0.39 is 11.6 Å². The van der Waals surface area contributed by atoms with Gasteiger partial charge in [0, 0.05) is 11.1 Å². The zero-order valence-corrected chi connectivity index (χ0v) is 12.9. The lowest BCUT2D eigenvalue weighted by Crippen LogP contribution is -2.28. The van der Waals surface area contributed by atoms with Crippen LogP contribution in [0.25, 0.3) is 0 Å². The Bertz CT molecular complexity index is 535. The van der Waals surface area contributed by atoms with E-state index in [2.05, 4.69) is 10.1 Å². The van der Waals surface area contributed by atoms with E-state index in [4.69, 9.17) is 16.3 Å². The van der Waals surface area contributed by atoms with Gasteiger partial charge in [-0.25, -0.2) is 4.79 Å². The Morgan fingerprint density at radius 2 is 1.85 bits per heavy atom. The van der Waals surface area contributed by atoms with Gasteiger partial charge in [0.05, 0.1) is 12.1 Å². The zero-order valence-electron chi connectivity index (χ0n) is 12.2. The van der Waals surface area contributed by atoms with Gasteiger partial charge in [-0.3, -0.25) is 4.79 Å². The minimum Gasteiger partial charge on any atom is -0.437 e. The fraction of sp³-hybridized carbons (Fsp3) is 0.429. The van der Waals surface area contributed by atoms with Gasteiger partial charge in [0.2, 0.25) is 5.91 Å². The molecular formula is C14H18ClNO4. The van der Waals surface area contributed by atoms with Crippen molar-refractivity contribution in [2.24, 2.45) is 5.41 Å². The van der Waals surface area contributed by atoms with Gasteiger partial charge in [0.1, 0.15) is 0 Å². The van der Waals surface area contributed by atoms with Crippen molar-refractivity contribution in [3.05, 3.63) is 22.7 Å². The smallest absolute Gasteiger partial charge is 0.437 e. The van der Waals surface area contributed by atoms with E-state index in [0.717, 1.165) is 0 Å². The van der Waals surface area contributed by atoms with Gasteiger partial charge in [-0.15, -0.1) is 0 Å². The summed E-state index contributed by atoms with van der Waals surface area (Å²) in [6.45, 7) is 7.17. The number of hydrogen-bond donors (Lipinski definition) is 1. The third-order valence-corrected chi connectivity index (χ3v) is 3.11. The molecule has 1 N–H and O–H groups in total. The maximum Gasteiger partial charge on any atom is 0.513 e. The van der Waals surface area contributed by atoms with E-state index in [-0.39, 0.29) is 16.7 Å². The molecule has 6 heteroatoms. The minimum absolute atomic E-state index is 0.127. The summed E-state index contributed by atoms with van der Waals surface area (Å²) in [5.74, 6) is 0.0584. The van der Waals surface area contributed by atoms with Crippen LogP contribution in [0.5, 0.6) is 5.75 Å². The van der Waals surface area contributed by atoms with Crippen LogP contribution in [0.1, 0.15) is 26.3 Å². The van der Waals surface area contributed by atoms with Gasteiger partial charge in [0.15, 0.2) is 5.75 Å². The first-order valence-corrected chi connectivity index (χ1v) is 6.41. The number of anilines is 1. The van der Waals surface area contributed by atoms with Crippen molar-refractivity contribution in [2.45, 2.75) is 27.7 Å². The van der Waals surface area contributed by atoms with Crippen LogP contribution < -0.4 is 10.1 Å². The number of benzene rings is 1. The largest absolute Gasteiger partial charge is 0.513 e. The number of ether oxygens (including phenoxy) is 2. The molecule has 20 heavy (non-hydrogen) atoms. The zero-order chi connectivity index (χ0) is 15.5. The van der Waals surface area contributed by atoms with Crippen LogP contribution in [-0.4, -0.2) is 19.2 Å². The Morgan fingerprint density at radius 3 is 2.35 bits per heavy atom. The Kier molecular flexibility index (Phi) is 5.00. The molecule has 0 fully saturated rings. The van der Waals surface area contributed by atoms with E-state index >= 15 is 0 Å². The third-order valence-electron chi connectivity index (χ3n) is 2.64. The highest BCUT2D eigenvalue weighted by Crippen LogP contribution is 2.33. The summed E-state index contributed by atoms with van der Waals surface area (Å²) in [7, 11) is 1.21. The van der Waals surface area contributed by atoms with Crippen molar-refractivity contribution >= 4 is 29.4 Å². The summed E-state index contributed by atoms with van der Waals surface area (Å²) in [5.41, 5.74) is 0.679. The molecule has 0 unspecified atom stereocenters. The molecule has 0 aliphatic carbocycles. The van der Waals surface area contributed by atoms with Crippen LogP contribution in [0.3, 0.4) is 0 Å². The highest BCUT2D eigenvalue weighted by atomic mass is 35.5. The van der Waals surface area contributed by atoms with Crippen molar-refractivity contribution in [3.63, 3.8) is 0 Å². The average Bonchev–Trinajstić information content (AvgIpc) is 2.36. The molecule has 1 rings (SSSR count). The standard InChI is InChI=1S/C14H18ClNO4/c1-8-9(16-12(17)14(2,3)4)6-7-10(11(8)15)20-13(18)19-5/h6-7H,1-5H3,(H,16,17). The molecule has 110 valence electrons. The summed E-state index contributed by atoms with van der Waals surface area (Å²) in [6.07, 6.45) is -0.849. The quantitative estimate of drug-likeness (QED) is 0.667. The predicted molar refractivity (Wildman–Crippen MR) is 77.3 cm³/mol. The first kappa shape index (κ1) is 16.3. The Morgan fingerprint density at radius 1 is 1.25 bits per heavy atom. The van der Waals surface area contributed by atoms with Gasteiger partial charge < -0.3 is 14.8 Å². The molecule has 0 atom stereocenters. The predicted octanol–water partition coefficient (Wildman–Crippen LogP) is 3.78. The Balaban J connectivity index is 3.00. The lowest BCUT2D eigenvalue weighted by Gasteiger charge is -2.19. The SMILES string of the molecule is COC(=O)Oc1ccc(NC(=O)C(C)(C)C)c(C)c1Cl. The topological polar surface area (TPSA) is 64.6 Å². The number of nitrogens with one attached hydrogen (secondary N) is 1. The van der Waals surface area contributed by atoms with Crippen LogP contribution in [0.4, 0.5) is 10.5 Å². The third kappa shape index (κ3) is 3.87. The second-order valence-electron chi connectivity index (χ2n) is 5.31. The highest BCUT2D eigenvalue weighted by Gasteiger charge is 2.22. The number of amides is 1. The molecule has 0 saturated carbocycles. The first-order chi connectivity index (χ1) is 9.16. The van der Waals surface area contributed by atoms with Crippen molar-refractivity contribution in [2.75, 3.05) is 12.4 Å². The number of halogens is 1. The molecule has 1 amide bonds. The van der Waals surface area contributed by atoms with Crippen LogP contribution in [-0.2, 0) is 9.53 Å². The van der Waals surface area contributed by atoms with Crippen molar-refractivity contribution in [1.82, 2.24) is 0 Å². The van der Waals surface area contributed by atoms with Crippen LogP contribution >= 0.6 is 11.6 Å². The highest BCUT2D eigenvalue weighted by molar-refractivity contribution is 6.33. The summed E-state index contributed by atoms with van der Waals surface area (Å²) < 4.78 is 9.30. The fourth-order valence-corrected chi connectivity index (χ4v) is 1.52. The molecule has 0 radical (unpaired) electrons. The molecule has 1 aromatic rings. The lowest BCUT2D eigenvalue weighted by atomic mass is 9.95. The monoisotopic (exact) mass is 299 g/mol. The van der Waals surface area contributed by atoms with Crippen LogP contribution in [0, 0.1) is 12.3 Å². The molecule has 0 saturated heterocycles. The van der Waals surface area contributed by atoms with E-state index in [9.17, 15) is 9.59 Å². The second kappa shape index (κ2) is 6.13. The summed E-state index contributed by atoms with van der Waals surface area (Å²) in [4.78, 5) is 23.0. The Hall–Kier alpha value is -1.75. The van der Waals surface area contributed by atoms with Gasteiger partial charge in [-0.05, 0) is 24.6 Å². The van der Waals surface area contributed by atoms with Gasteiger partial charge in [-0.2, -0.15) is 0 Å². The van der Waals surface area contributed by atoms with Crippen molar-refractivity contribution in [1.29, 1.82) is 0 Å². The molecule has 0 aromatic heterocycles. The number of rotatable bonds is 2. The molecule has 0 heterocycles. The lowest BCUT2D eigenvalue weighted by molar-refractivity contribution is -0.123. The number of carbonyl (C=O) groups excluding carboxylic acids is 2. The average molecular weight is 300 g/mol. The van der Waals surface area contributed by atoms with Gasteiger partial charge in [0.25, 0.3) is 0 Å². The van der Waals surface area contributed by atoms with Crippen LogP contribution in [0.2, 0.25) is 5.02 Å². The maximum absolute atomic E-state index is 11.9. The molecule has 0 aliphatic rings. The van der Waals surface area contributed by atoms with E-state index in [1.807, 2.05) is 20.8 Å². The first-order valence-electron chi connectivity index (χ1n) is 6.03. The molecule has 0 aliphatic heterocycles. The van der Waals surface area contributed by atoms with Crippen molar-refractivity contribution < 1.29 is 19.1 Å². The molecule has 1 aromatic carbocycles. The van der Waals surface area contributed by atoms with E-state index in [0.29, 0.717) is 11.3 Å². The van der Waals surface area contributed by atoms with Crippen molar-refractivity contribution in [3.8, 4) is 5.75 Å². The van der Waals surface area contributed by atoms with E-state index in [1.165, 1.54) is 13.2 Å². The Labute approximate surface area is 123 Å². The summed E-state index contributed by atoms with van der Waals surface area (Å²) >= 11 is 6.11. The summed E-state index contributed by atoms with van der Waals surface area (Å²) in [5, 5.41) is 3.04. The van der Waals surface area contributed by atoms with Gasteiger partial charge in [-0.1, -0.05) is 32.4 Å². The molecular weight excluding hydrogens is 282 g/mol. The van der Waals surface area contributed by atoms with Gasteiger partial charge >= 0.3 is 6.16 Å². The normalized spacial score (nSPS) is 10.9. The number of hydrogen-bond acceptors (Lipinski definition) is 4.